The molecule has 1 rings (SSSR count). The van der Waals surface area contributed by atoms with Gasteiger partial charge in [0.15, 0.2) is 0 Å². The fourth-order valence-electron chi connectivity index (χ4n) is 2.31. The van der Waals surface area contributed by atoms with E-state index in [-0.39, 0.29) is 0 Å². The summed E-state index contributed by atoms with van der Waals surface area (Å²) < 4.78 is 0. The normalized spacial score (nSPS) is 21.0. The van der Waals surface area contributed by atoms with Crippen molar-refractivity contribution in [1.29, 1.82) is 0 Å². The van der Waals surface area contributed by atoms with Crippen molar-refractivity contribution in [2.45, 2.75) is 45.7 Å². The van der Waals surface area contributed by atoms with Crippen molar-refractivity contribution in [1.82, 2.24) is 15.3 Å². The summed E-state index contributed by atoms with van der Waals surface area (Å²) >= 11 is 0. The van der Waals surface area contributed by atoms with Gasteiger partial charge in [0.05, 0.1) is 0 Å². The number of piperidine rings is 1. The summed E-state index contributed by atoms with van der Waals surface area (Å²) in [5.41, 5.74) is 3.28. The van der Waals surface area contributed by atoms with Gasteiger partial charge < -0.3 is 4.90 Å². The molecule has 0 bridgehead atoms. The van der Waals surface area contributed by atoms with Gasteiger partial charge in [-0.05, 0) is 46.8 Å². The van der Waals surface area contributed by atoms with E-state index < -0.39 is 0 Å². The average molecular weight is 199 g/mol. The summed E-state index contributed by atoms with van der Waals surface area (Å²) in [6, 6.07) is 1.45. The molecule has 0 aromatic rings. The first kappa shape index (κ1) is 12.0. The number of nitrogens with zero attached hydrogens (tertiary/aromatic N) is 2. The molecule has 1 aliphatic heterocycles. The van der Waals surface area contributed by atoms with E-state index in [2.05, 4.69) is 36.1 Å². The lowest BCUT2D eigenvalue weighted by Crippen LogP contribution is -2.50. The second-order valence-electron chi connectivity index (χ2n) is 4.37. The van der Waals surface area contributed by atoms with E-state index in [0.717, 1.165) is 12.6 Å². The summed E-state index contributed by atoms with van der Waals surface area (Å²) in [4.78, 5) is 2.57. The summed E-state index contributed by atoms with van der Waals surface area (Å²) in [6.45, 7) is 10.4. The summed E-state index contributed by atoms with van der Waals surface area (Å²) in [6.07, 6.45) is 2.60. The smallest absolute Gasteiger partial charge is 0.0267 e. The average Bonchev–Trinajstić information content (AvgIpc) is 2.20. The van der Waals surface area contributed by atoms with Crippen LogP contribution in [0.25, 0.3) is 0 Å². The van der Waals surface area contributed by atoms with Crippen molar-refractivity contribution in [2.75, 3.05) is 26.7 Å². The Bertz CT molecular complexity index is 147. The maximum Gasteiger partial charge on any atom is 0.0267 e. The van der Waals surface area contributed by atoms with Gasteiger partial charge in [-0.25, -0.2) is 5.01 Å². The van der Waals surface area contributed by atoms with E-state index in [0.29, 0.717) is 6.04 Å². The third-order valence-electron chi connectivity index (χ3n) is 3.30. The zero-order valence-electron chi connectivity index (χ0n) is 10.1. The molecule has 1 saturated heterocycles. The zero-order valence-corrected chi connectivity index (χ0v) is 10.1. The van der Waals surface area contributed by atoms with Gasteiger partial charge >= 0.3 is 0 Å². The highest BCUT2D eigenvalue weighted by molar-refractivity contribution is 4.78. The van der Waals surface area contributed by atoms with Gasteiger partial charge in [0.2, 0.25) is 0 Å². The first-order chi connectivity index (χ1) is 6.69. The standard InChI is InChI=1S/C11H25N3/c1-5-14(12-4)11-6-8-13(9-7-11)10(2)3/h10-12H,5-9H2,1-4H3. The quantitative estimate of drug-likeness (QED) is 0.689. The van der Waals surface area contributed by atoms with Crippen molar-refractivity contribution in [2.24, 2.45) is 0 Å². The van der Waals surface area contributed by atoms with Crippen molar-refractivity contribution >= 4 is 0 Å². The Balaban J connectivity index is 2.34. The Kier molecular flexibility index (Phi) is 4.85. The molecule has 3 heteroatoms. The van der Waals surface area contributed by atoms with Crippen LogP contribution in [0.2, 0.25) is 0 Å². The van der Waals surface area contributed by atoms with E-state index in [1.807, 2.05) is 7.05 Å². The van der Waals surface area contributed by atoms with Gasteiger partial charge in [0.25, 0.3) is 0 Å². The Morgan fingerprint density at radius 1 is 1.36 bits per heavy atom. The Labute approximate surface area is 88.4 Å². The molecule has 0 radical (unpaired) electrons. The van der Waals surface area contributed by atoms with Crippen molar-refractivity contribution < 1.29 is 0 Å². The highest BCUT2D eigenvalue weighted by Gasteiger charge is 2.23. The minimum Gasteiger partial charge on any atom is -0.301 e. The molecular formula is C11H25N3. The lowest BCUT2D eigenvalue weighted by molar-refractivity contribution is 0.0683. The molecule has 3 nitrogen and oxygen atoms in total. The van der Waals surface area contributed by atoms with Crippen LogP contribution in [0.4, 0.5) is 0 Å². The van der Waals surface area contributed by atoms with Crippen molar-refractivity contribution in [3.8, 4) is 0 Å². The Morgan fingerprint density at radius 2 is 1.93 bits per heavy atom. The van der Waals surface area contributed by atoms with Crippen LogP contribution in [0, 0.1) is 0 Å². The largest absolute Gasteiger partial charge is 0.301 e. The van der Waals surface area contributed by atoms with E-state index >= 15 is 0 Å². The monoisotopic (exact) mass is 199 g/mol. The molecule has 1 fully saturated rings. The van der Waals surface area contributed by atoms with Crippen LogP contribution < -0.4 is 5.43 Å². The second kappa shape index (κ2) is 5.69. The fourth-order valence-corrected chi connectivity index (χ4v) is 2.31. The molecular weight excluding hydrogens is 174 g/mol. The molecule has 0 spiro atoms. The second-order valence-corrected chi connectivity index (χ2v) is 4.37. The molecule has 1 aliphatic rings. The van der Waals surface area contributed by atoms with Gasteiger partial charge in [-0.2, -0.15) is 0 Å². The maximum absolute atomic E-state index is 3.28. The van der Waals surface area contributed by atoms with Crippen LogP contribution in [0.3, 0.4) is 0 Å². The lowest BCUT2D eigenvalue weighted by atomic mass is 10.0. The van der Waals surface area contributed by atoms with Gasteiger partial charge in [0, 0.05) is 18.6 Å². The third kappa shape index (κ3) is 2.94. The molecule has 0 saturated carbocycles. The molecule has 0 unspecified atom stereocenters. The topological polar surface area (TPSA) is 18.5 Å². The first-order valence-electron chi connectivity index (χ1n) is 5.87. The predicted molar refractivity (Wildman–Crippen MR) is 61.2 cm³/mol. The van der Waals surface area contributed by atoms with Crippen LogP contribution in [0.5, 0.6) is 0 Å². The minimum absolute atomic E-state index is 0.709. The third-order valence-corrected chi connectivity index (χ3v) is 3.30. The maximum atomic E-state index is 3.28. The molecule has 0 aromatic heterocycles. The van der Waals surface area contributed by atoms with Crippen LogP contribution in [0.1, 0.15) is 33.6 Å². The molecule has 0 aliphatic carbocycles. The van der Waals surface area contributed by atoms with Crippen molar-refractivity contribution in [3.05, 3.63) is 0 Å². The van der Waals surface area contributed by atoms with E-state index in [1.165, 1.54) is 25.9 Å². The van der Waals surface area contributed by atoms with E-state index in [1.54, 1.807) is 0 Å². The van der Waals surface area contributed by atoms with Crippen LogP contribution in [-0.2, 0) is 0 Å². The molecule has 1 N–H and O–H groups in total. The fraction of sp³-hybridized carbons (Fsp3) is 1.00. The van der Waals surface area contributed by atoms with Crippen LogP contribution in [-0.4, -0.2) is 48.7 Å². The Morgan fingerprint density at radius 3 is 2.29 bits per heavy atom. The highest BCUT2D eigenvalue weighted by atomic mass is 15.5. The molecule has 0 aromatic carbocycles. The number of hydrogen-bond donors (Lipinski definition) is 1. The van der Waals surface area contributed by atoms with E-state index in [4.69, 9.17) is 0 Å². The van der Waals surface area contributed by atoms with E-state index in [9.17, 15) is 0 Å². The molecule has 0 amide bonds. The minimum atomic E-state index is 0.709. The summed E-state index contributed by atoms with van der Waals surface area (Å²) in [5.74, 6) is 0. The van der Waals surface area contributed by atoms with Crippen LogP contribution >= 0.6 is 0 Å². The number of rotatable bonds is 4. The van der Waals surface area contributed by atoms with Crippen molar-refractivity contribution in [3.63, 3.8) is 0 Å². The first-order valence-corrected chi connectivity index (χ1v) is 5.87. The summed E-state index contributed by atoms with van der Waals surface area (Å²) in [7, 11) is 2.03. The van der Waals surface area contributed by atoms with Gasteiger partial charge in [0.1, 0.15) is 0 Å². The molecule has 0 atom stereocenters. The SMILES string of the molecule is CCN(NC)C1CCN(C(C)C)CC1. The predicted octanol–water partition coefficient (Wildman–Crippen LogP) is 1.32. The van der Waals surface area contributed by atoms with Gasteiger partial charge in [-0.3, -0.25) is 5.43 Å². The van der Waals surface area contributed by atoms with Crippen LogP contribution in [0.15, 0.2) is 0 Å². The number of likely N-dealkylation sites (tertiary alicyclic amines) is 1. The lowest BCUT2D eigenvalue weighted by Gasteiger charge is -2.39. The number of nitrogens with one attached hydrogen (secondary N) is 1. The highest BCUT2D eigenvalue weighted by Crippen LogP contribution is 2.16. The number of hydrazine groups is 1. The molecule has 1 heterocycles. The molecule has 84 valence electrons. The van der Waals surface area contributed by atoms with Gasteiger partial charge in [-0.15, -0.1) is 0 Å². The van der Waals surface area contributed by atoms with Gasteiger partial charge in [-0.1, -0.05) is 6.92 Å². The zero-order chi connectivity index (χ0) is 10.6. The molecule has 14 heavy (non-hydrogen) atoms. The Hall–Kier alpha value is -0.120. The summed E-state index contributed by atoms with van der Waals surface area (Å²) in [5, 5.41) is 2.36. The number of hydrogen-bond acceptors (Lipinski definition) is 3.